The van der Waals surface area contributed by atoms with Gasteiger partial charge in [0, 0.05) is 0 Å². The normalized spacial score (nSPS) is 32.8. The zero-order valence-electron chi connectivity index (χ0n) is 13.2. The molecule has 0 saturated heterocycles. The highest BCUT2D eigenvalue weighted by Gasteiger charge is 2.44. The van der Waals surface area contributed by atoms with Gasteiger partial charge in [0.2, 0.25) is 0 Å². The van der Waals surface area contributed by atoms with E-state index in [4.69, 9.17) is 14.1 Å². The topological polar surface area (TPSA) is 44.5 Å². The van der Waals surface area contributed by atoms with E-state index in [2.05, 4.69) is 12.1 Å². The molecule has 0 amide bonds. The van der Waals surface area contributed by atoms with Crippen molar-refractivity contribution in [2.24, 2.45) is 22.9 Å². The second kappa shape index (κ2) is 5.97. The van der Waals surface area contributed by atoms with Gasteiger partial charge in [-0.05, 0) is 79.0 Å². The Bertz CT molecular complexity index is 562. The van der Waals surface area contributed by atoms with Crippen LogP contribution in [0.15, 0.2) is 12.1 Å². The van der Waals surface area contributed by atoms with Gasteiger partial charge in [-0.25, -0.2) is 5.14 Å². The molecule has 2 fully saturated rings. The van der Waals surface area contributed by atoms with Gasteiger partial charge in [0.1, 0.15) is 12.2 Å². The summed E-state index contributed by atoms with van der Waals surface area (Å²) in [5.74, 6) is 5.22. The van der Waals surface area contributed by atoms with Crippen LogP contribution in [0.5, 0.6) is 11.5 Å². The second-order valence-corrected chi connectivity index (χ2v) is 7.48. The maximum Gasteiger partial charge on any atom is 0.181 e. The van der Waals surface area contributed by atoms with Gasteiger partial charge < -0.3 is 8.92 Å². The van der Waals surface area contributed by atoms with E-state index in [0.717, 1.165) is 47.4 Å². The van der Waals surface area contributed by atoms with Crippen molar-refractivity contribution in [1.29, 1.82) is 0 Å². The van der Waals surface area contributed by atoms with Crippen molar-refractivity contribution in [3.63, 3.8) is 0 Å². The van der Waals surface area contributed by atoms with E-state index in [1.165, 1.54) is 56.1 Å². The Hall–Kier alpha value is -0.870. The zero-order valence-corrected chi connectivity index (χ0v) is 14.0. The molecule has 1 aromatic rings. The number of methoxy groups -OCH3 is 1. The fourth-order valence-electron chi connectivity index (χ4n) is 5.47. The predicted octanol–water partition coefficient (Wildman–Crippen LogP) is 4.45. The van der Waals surface area contributed by atoms with Crippen molar-refractivity contribution >= 4 is 12.2 Å². The number of nitrogens with two attached hydrogens (primary N) is 1. The molecular weight excluding hydrogens is 294 g/mol. The summed E-state index contributed by atoms with van der Waals surface area (Å²) in [4.78, 5) is 0. The Balaban J connectivity index is 1.69. The molecule has 0 radical (unpaired) electrons. The molecule has 4 heteroatoms. The SMILES string of the molecule is COc1cc2c(cc1OSN)CCC1C2CCC2CCCC21. The van der Waals surface area contributed by atoms with Crippen molar-refractivity contribution in [1.82, 2.24) is 0 Å². The van der Waals surface area contributed by atoms with Gasteiger partial charge in [0.25, 0.3) is 0 Å². The third-order valence-electron chi connectivity index (χ3n) is 6.34. The fraction of sp³-hybridized carbons (Fsp3) is 0.667. The Morgan fingerprint density at radius 3 is 2.77 bits per heavy atom. The van der Waals surface area contributed by atoms with E-state index in [9.17, 15) is 0 Å². The van der Waals surface area contributed by atoms with Gasteiger partial charge in [-0.1, -0.05) is 12.8 Å². The average molecular weight is 319 g/mol. The standard InChI is InChI=1S/C18H25NO2S/c1-20-17-10-16-12(9-18(17)21-22-19)6-8-14-13-4-2-3-11(13)5-7-15(14)16/h9-11,13-15H,2-8,19H2,1H3. The van der Waals surface area contributed by atoms with Crippen LogP contribution in [0.4, 0.5) is 0 Å². The lowest BCUT2D eigenvalue weighted by molar-refractivity contribution is 0.136. The second-order valence-electron chi connectivity index (χ2n) is 7.12. The largest absolute Gasteiger partial charge is 0.493 e. The maximum absolute atomic E-state index is 5.54. The molecule has 1 aromatic carbocycles. The Morgan fingerprint density at radius 2 is 1.95 bits per heavy atom. The molecule has 4 rings (SSSR count). The van der Waals surface area contributed by atoms with Crippen LogP contribution in [0.3, 0.4) is 0 Å². The molecule has 120 valence electrons. The van der Waals surface area contributed by atoms with Gasteiger partial charge in [-0.2, -0.15) is 0 Å². The van der Waals surface area contributed by atoms with E-state index >= 15 is 0 Å². The van der Waals surface area contributed by atoms with E-state index in [0.29, 0.717) is 0 Å². The summed E-state index contributed by atoms with van der Waals surface area (Å²) >= 11 is 0.890. The van der Waals surface area contributed by atoms with Gasteiger partial charge in [0.15, 0.2) is 11.5 Å². The molecule has 3 aliphatic carbocycles. The average Bonchev–Trinajstić information content (AvgIpc) is 3.03. The molecule has 0 aliphatic heterocycles. The van der Waals surface area contributed by atoms with E-state index in [-0.39, 0.29) is 0 Å². The number of benzene rings is 1. The Kier molecular flexibility index (Phi) is 3.99. The Morgan fingerprint density at radius 1 is 1.05 bits per heavy atom. The van der Waals surface area contributed by atoms with E-state index in [1.807, 2.05) is 0 Å². The minimum Gasteiger partial charge on any atom is -0.493 e. The number of hydrogen-bond donors (Lipinski definition) is 1. The highest BCUT2D eigenvalue weighted by molar-refractivity contribution is 7.92. The molecule has 4 unspecified atom stereocenters. The molecule has 22 heavy (non-hydrogen) atoms. The van der Waals surface area contributed by atoms with Crippen LogP contribution in [0, 0.1) is 17.8 Å². The minimum absolute atomic E-state index is 0.733. The monoisotopic (exact) mass is 319 g/mol. The molecule has 3 nitrogen and oxygen atoms in total. The quantitative estimate of drug-likeness (QED) is 0.660. The van der Waals surface area contributed by atoms with Crippen LogP contribution in [-0.4, -0.2) is 7.11 Å². The molecule has 4 atom stereocenters. The van der Waals surface area contributed by atoms with E-state index in [1.54, 1.807) is 7.11 Å². The highest BCUT2D eigenvalue weighted by atomic mass is 32.2. The van der Waals surface area contributed by atoms with Crippen LogP contribution in [-0.2, 0) is 6.42 Å². The minimum atomic E-state index is 0.733. The molecule has 0 bridgehead atoms. The summed E-state index contributed by atoms with van der Waals surface area (Å²) in [7, 11) is 1.71. The van der Waals surface area contributed by atoms with Crippen molar-refractivity contribution in [3.05, 3.63) is 23.3 Å². The van der Waals surface area contributed by atoms with Crippen LogP contribution < -0.4 is 14.1 Å². The van der Waals surface area contributed by atoms with Crippen LogP contribution in [0.2, 0.25) is 0 Å². The van der Waals surface area contributed by atoms with Gasteiger partial charge in [-0.15, -0.1) is 0 Å². The van der Waals surface area contributed by atoms with Crippen LogP contribution >= 0.6 is 12.2 Å². The first-order valence-electron chi connectivity index (χ1n) is 8.56. The summed E-state index contributed by atoms with van der Waals surface area (Å²) in [5.41, 5.74) is 2.97. The molecule has 2 saturated carbocycles. The third kappa shape index (κ3) is 2.31. The molecule has 0 aromatic heterocycles. The molecule has 0 heterocycles. The lowest BCUT2D eigenvalue weighted by Crippen LogP contribution is -2.34. The molecule has 3 aliphatic rings. The van der Waals surface area contributed by atoms with Crippen molar-refractivity contribution in [2.45, 2.75) is 50.9 Å². The number of fused-ring (bicyclic) bond motifs is 5. The summed E-state index contributed by atoms with van der Waals surface area (Å²) < 4.78 is 11.0. The fourth-order valence-corrected chi connectivity index (χ4v) is 5.71. The van der Waals surface area contributed by atoms with Crippen molar-refractivity contribution in [3.8, 4) is 11.5 Å². The predicted molar refractivity (Wildman–Crippen MR) is 90.0 cm³/mol. The molecule has 0 spiro atoms. The summed E-state index contributed by atoms with van der Waals surface area (Å²) in [6, 6.07) is 4.39. The first-order chi connectivity index (χ1) is 10.8. The number of hydrogen-bond acceptors (Lipinski definition) is 4. The van der Waals surface area contributed by atoms with Gasteiger partial charge >= 0.3 is 0 Å². The summed E-state index contributed by atoms with van der Waals surface area (Å²) in [5, 5.41) is 5.46. The first-order valence-corrected chi connectivity index (χ1v) is 9.36. The van der Waals surface area contributed by atoms with Gasteiger partial charge in [0.05, 0.1) is 7.11 Å². The van der Waals surface area contributed by atoms with Crippen molar-refractivity contribution in [2.75, 3.05) is 7.11 Å². The van der Waals surface area contributed by atoms with Crippen LogP contribution in [0.1, 0.15) is 55.6 Å². The molecule has 2 N–H and O–H groups in total. The maximum atomic E-state index is 5.54. The summed E-state index contributed by atoms with van der Waals surface area (Å²) in [6.07, 6.45) is 9.69. The van der Waals surface area contributed by atoms with E-state index < -0.39 is 0 Å². The highest BCUT2D eigenvalue weighted by Crippen LogP contribution is 2.56. The lowest BCUT2D eigenvalue weighted by Gasteiger charge is -2.44. The van der Waals surface area contributed by atoms with Crippen LogP contribution in [0.25, 0.3) is 0 Å². The first kappa shape index (κ1) is 14.7. The lowest BCUT2D eigenvalue weighted by atomic mass is 9.61. The number of rotatable bonds is 3. The zero-order chi connectivity index (χ0) is 15.1. The Labute approximate surface area is 137 Å². The number of ether oxygens (including phenoxy) is 1. The smallest absolute Gasteiger partial charge is 0.181 e. The number of aryl methyl sites for hydroxylation is 1. The van der Waals surface area contributed by atoms with Gasteiger partial charge in [-0.3, -0.25) is 0 Å². The third-order valence-corrected chi connectivity index (χ3v) is 6.62. The van der Waals surface area contributed by atoms with Crippen molar-refractivity contribution < 1.29 is 8.92 Å². The summed E-state index contributed by atoms with van der Waals surface area (Å²) in [6.45, 7) is 0. The molecular formula is C18H25NO2S.